The van der Waals surface area contributed by atoms with Crippen LogP contribution in [0.15, 0.2) is 72.8 Å². The average molecular weight is 590 g/mol. The minimum Gasteiger partial charge on any atom is -0.495 e. The number of hydrogen-bond donors (Lipinski definition) is 1. The standard InChI is InChI=1S/C29H33ClFN3O5S/c1-4-16-32-29(36)26(17-21-8-6-5-7-9-21)33(19-22-10-12-23(31)13-11-22)28(35)20-34(40(3,37)38)24-14-15-27(39-2)25(30)18-24/h5-15,18,26H,4,16-17,19-20H2,1-3H3,(H,32,36)/t26-/m0/s1. The summed E-state index contributed by atoms with van der Waals surface area (Å²) in [7, 11) is -2.51. The third-order valence-corrected chi connectivity index (χ3v) is 7.63. The molecule has 0 aliphatic rings. The van der Waals surface area contributed by atoms with Gasteiger partial charge in [0.2, 0.25) is 21.8 Å². The molecule has 214 valence electrons. The second kappa shape index (κ2) is 14.1. The van der Waals surface area contributed by atoms with E-state index in [1.54, 1.807) is 0 Å². The molecule has 0 saturated carbocycles. The first-order valence-corrected chi connectivity index (χ1v) is 14.9. The highest BCUT2D eigenvalue weighted by Crippen LogP contribution is 2.30. The topological polar surface area (TPSA) is 96.0 Å². The molecule has 11 heteroatoms. The second-order valence-electron chi connectivity index (χ2n) is 9.23. The van der Waals surface area contributed by atoms with Crippen LogP contribution in [0.4, 0.5) is 10.1 Å². The number of amides is 2. The zero-order valence-corrected chi connectivity index (χ0v) is 24.2. The molecular formula is C29H33ClFN3O5S. The highest BCUT2D eigenvalue weighted by Gasteiger charge is 2.33. The maximum atomic E-state index is 14.0. The van der Waals surface area contributed by atoms with Gasteiger partial charge in [-0.25, -0.2) is 12.8 Å². The molecule has 3 aromatic rings. The van der Waals surface area contributed by atoms with Crippen molar-refractivity contribution < 1.29 is 27.1 Å². The Bertz CT molecular complexity index is 1400. The van der Waals surface area contributed by atoms with E-state index >= 15 is 0 Å². The van der Waals surface area contributed by atoms with E-state index in [4.69, 9.17) is 16.3 Å². The molecule has 0 bridgehead atoms. The van der Waals surface area contributed by atoms with Crippen LogP contribution in [0, 0.1) is 5.82 Å². The van der Waals surface area contributed by atoms with Crippen LogP contribution in [0.1, 0.15) is 24.5 Å². The van der Waals surface area contributed by atoms with Crippen molar-refractivity contribution in [3.63, 3.8) is 0 Å². The van der Waals surface area contributed by atoms with Gasteiger partial charge in [-0.15, -0.1) is 0 Å². The largest absolute Gasteiger partial charge is 0.495 e. The molecule has 0 spiro atoms. The number of benzene rings is 3. The summed E-state index contributed by atoms with van der Waals surface area (Å²) in [5.41, 5.74) is 1.56. The third-order valence-electron chi connectivity index (χ3n) is 6.19. The van der Waals surface area contributed by atoms with Crippen molar-refractivity contribution >= 4 is 39.1 Å². The molecule has 0 fully saturated rings. The van der Waals surface area contributed by atoms with Crippen LogP contribution in [-0.2, 0) is 32.6 Å². The smallest absolute Gasteiger partial charge is 0.244 e. The van der Waals surface area contributed by atoms with Crippen LogP contribution in [0.25, 0.3) is 0 Å². The molecule has 0 saturated heterocycles. The van der Waals surface area contributed by atoms with Crippen LogP contribution in [0.3, 0.4) is 0 Å². The molecule has 8 nitrogen and oxygen atoms in total. The van der Waals surface area contributed by atoms with E-state index in [0.29, 0.717) is 24.3 Å². The molecule has 0 radical (unpaired) electrons. The maximum absolute atomic E-state index is 14.0. The molecule has 1 atom stereocenters. The van der Waals surface area contributed by atoms with Crippen molar-refractivity contribution in [2.75, 3.05) is 30.8 Å². The number of hydrogen-bond acceptors (Lipinski definition) is 5. The Hall–Kier alpha value is -3.63. The van der Waals surface area contributed by atoms with Crippen molar-refractivity contribution in [2.24, 2.45) is 0 Å². The Morgan fingerprint density at radius 2 is 1.70 bits per heavy atom. The van der Waals surface area contributed by atoms with Gasteiger partial charge < -0.3 is 15.0 Å². The Morgan fingerprint density at radius 1 is 1.02 bits per heavy atom. The maximum Gasteiger partial charge on any atom is 0.244 e. The molecule has 3 rings (SSSR count). The van der Waals surface area contributed by atoms with Crippen LogP contribution in [0.2, 0.25) is 5.02 Å². The summed E-state index contributed by atoms with van der Waals surface area (Å²) < 4.78 is 45.4. The molecule has 0 unspecified atom stereocenters. The van der Waals surface area contributed by atoms with Crippen molar-refractivity contribution in [1.82, 2.24) is 10.2 Å². The van der Waals surface area contributed by atoms with E-state index in [1.807, 2.05) is 37.3 Å². The van der Waals surface area contributed by atoms with Crippen molar-refractivity contribution in [3.8, 4) is 5.75 Å². The zero-order valence-electron chi connectivity index (χ0n) is 22.6. The van der Waals surface area contributed by atoms with Crippen molar-refractivity contribution in [2.45, 2.75) is 32.4 Å². The highest BCUT2D eigenvalue weighted by molar-refractivity contribution is 7.92. The van der Waals surface area contributed by atoms with Gasteiger partial charge in [0.25, 0.3) is 0 Å². The number of rotatable bonds is 13. The summed E-state index contributed by atoms with van der Waals surface area (Å²) in [5, 5.41) is 3.03. The number of methoxy groups -OCH3 is 1. The predicted molar refractivity (Wildman–Crippen MR) is 154 cm³/mol. The number of nitrogens with one attached hydrogen (secondary N) is 1. The van der Waals surface area contributed by atoms with Gasteiger partial charge in [-0.2, -0.15) is 0 Å². The van der Waals surface area contributed by atoms with E-state index in [2.05, 4.69) is 5.32 Å². The molecule has 0 aliphatic heterocycles. The predicted octanol–water partition coefficient (Wildman–Crippen LogP) is 4.42. The van der Waals surface area contributed by atoms with Crippen LogP contribution in [-0.4, -0.2) is 57.6 Å². The van der Waals surface area contributed by atoms with Gasteiger partial charge in [0.05, 0.1) is 24.1 Å². The first-order chi connectivity index (χ1) is 19.0. The number of carbonyl (C=O) groups excluding carboxylic acids is 2. The number of ether oxygens (including phenoxy) is 1. The van der Waals surface area contributed by atoms with Crippen LogP contribution >= 0.6 is 11.6 Å². The van der Waals surface area contributed by atoms with Crippen LogP contribution < -0.4 is 14.4 Å². The number of anilines is 1. The first-order valence-electron chi connectivity index (χ1n) is 12.7. The lowest BCUT2D eigenvalue weighted by atomic mass is 10.0. The molecule has 40 heavy (non-hydrogen) atoms. The summed E-state index contributed by atoms with van der Waals surface area (Å²) in [6.45, 7) is 1.69. The lowest BCUT2D eigenvalue weighted by Crippen LogP contribution is -2.53. The third kappa shape index (κ3) is 8.43. The molecular weight excluding hydrogens is 557 g/mol. The first kappa shape index (κ1) is 30.9. The molecule has 2 amide bonds. The Labute approximate surface area is 239 Å². The summed E-state index contributed by atoms with van der Waals surface area (Å²) >= 11 is 6.25. The number of nitrogens with zero attached hydrogens (tertiary/aromatic N) is 2. The molecule has 0 aliphatic carbocycles. The lowest BCUT2D eigenvalue weighted by molar-refractivity contribution is -0.140. The van der Waals surface area contributed by atoms with Gasteiger partial charge in [-0.3, -0.25) is 13.9 Å². The van der Waals surface area contributed by atoms with E-state index in [1.165, 1.54) is 54.5 Å². The van der Waals surface area contributed by atoms with Crippen LogP contribution in [0.5, 0.6) is 5.75 Å². The Balaban J connectivity index is 2.04. The minimum absolute atomic E-state index is 0.0445. The van der Waals surface area contributed by atoms with E-state index in [9.17, 15) is 22.4 Å². The highest BCUT2D eigenvalue weighted by atomic mass is 35.5. The number of carbonyl (C=O) groups is 2. The van der Waals surface area contributed by atoms with Gasteiger partial charge in [-0.1, -0.05) is 61.0 Å². The number of sulfonamides is 1. The fourth-order valence-corrected chi connectivity index (χ4v) is 5.22. The zero-order chi connectivity index (χ0) is 29.3. The summed E-state index contributed by atoms with van der Waals surface area (Å²) in [4.78, 5) is 28.7. The minimum atomic E-state index is -3.94. The summed E-state index contributed by atoms with van der Waals surface area (Å²) in [6, 6.07) is 18.2. The van der Waals surface area contributed by atoms with Crippen molar-refractivity contribution in [1.29, 1.82) is 0 Å². The van der Waals surface area contributed by atoms with Gasteiger partial charge in [0.1, 0.15) is 24.2 Å². The van der Waals surface area contributed by atoms with E-state index in [-0.39, 0.29) is 29.6 Å². The quantitative estimate of drug-likeness (QED) is 0.318. The van der Waals surface area contributed by atoms with Crippen molar-refractivity contribution in [3.05, 3.63) is 94.8 Å². The fourth-order valence-electron chi connectivity index (χ4n) is 4.13. The summed E-state index contributed by atoms with van der Waals surface area (Å²) in [5.74, 6) is -1.09. The molecule has 3 aromatic carbocycles. The summed E-state index contributed by atoms with van der Waals surface area (Å²) in [6.07, 6.45) is 1.87. The number of halogens is 2. The van der Waals surface area contributed by atoms with Gasteiger partial charge in [0, 0.05) is 19.5 Å². The molecule has 1 N–H and O–H groups in total. The van der Waals surface area contributed by atoms with E-state index < -0.39 is 34.3 Å². The molecule has 0 heterocycles. The monoisotopic (exact) mass is 589 g/mol. The lowest BCUT2D eigenvalue weighted by Gasteiger charge is -2.33. The SMILES string of the molecule is CCCNC(=O)[C@H](Cc1ccccc1)N(Cc1ccc(F)cc1)C(=O)CN(c1ccc(OC)c(Cl)c1)S(C)(=O)=O. The second-order valence-corrected chi connectivity index (χ2v) is 11.5. The molecule has 0 aromatic heterocycles. The Kier molecular flexibility index (Phi) is 10.9. The van der Waals surface area contributed by atoms with Gasteiger partial charge >= 0.3 is 0 Å². The van der Waals surface area contributed by atoms with Gasteiger partial charge in [0.15, 0.2) is 0 Å². The van der Waals surface area contributed by atoms with E-state index in [0.717, 1.165) is 16.1 Å². The average Bonchev–Trinajstić information content (AvgIpc) is 2.93. The normalized spacial score (nSPS) is 11.9. The fraction of sp³-hybridized carbons (Fsp3) is 0.310. The Morgan fingerprint density at radius 3 is 2.27 bits per heavy atom. The van der Waals surface area contributed by atoms with Gasteiger partial charge in [-0.05, 0) is 47.9 Å².